The third-order valence-electron chi connectivity index (χ3n) is 2.34. The zero-order chi connectivity index (χ0) is 14.1. The van der Waals surface area contributed by atoms with Crippen LogP contribution in [0.3, 0.4) is 0 Å². The van der Waals surface area contributed by atoms with Crippen LogP contribution in [-0.2, 0) is 17.9 Å². The van der Waals surface area contributed by atoms with E-state index < -0.39 is 5.91 Å². The topological polar surface area (TPSA) is 78.3 Å². The maximum absolute atomic E-state index is 10.6. The molecule has 0 bridgehead atoms. The summed E-state index contributed by atoms with van der Waals surface area (Å²) in [5.41, 5.74) is 11.9. The van der Waals surface area contributed by atoms with Crippen molar-refractivity contribution < 1.29 is 12.4 Å². The first kappa shape index (κ1) is 15.4. The van der Waals surface area contributed by atoms with Gasteiger partial charge in [-0.1, -0.05) is 18.2 Å². The van der Waals surface area contributed by atoms with Gasteiger partial charge in [0.05, 0.1) is 6.61 Å². The Balaban J connectivity index is 0. The summed E-state index contributed by atoms with van der Waals surface area (Å²) in [4.78, 5) is 11.9. The van der Waals surface area contributed by atoms with Gasteiger partial charge < -0.3 is 16.2 Å². The summed E-state index contributed by atoms with van der Waals surface area (Å²) in [6, 6.07) is 11.0. The lowest BCUT2D eigenvalue weighted by Gasteiger charge is -1.96. The lowest BCUT2D eigenvalue weighted by atomic mass is 10.1. The minimum absolute atomic E-state index is 0. The number of benzene rings is 1. The molecular weight excluding hydrogens is 260 g/mol. The zero-order valence-electron chi connectivity index (χ0n) is 10.8. The van der Waals surface area contributed by atoms with Gasteiger partial charge in [-0.25, -0.2) is 0 Å². The molecule has 0 aliphatic heterocycles. The molecule has 1 aromatic heterocycles. The highest BCUT2D eigenvalue weighted by atomic mass is 32.1. The number of carbonyl (C=O) groups excluding carboxylic acids is 1. The van der Waals surface area contributed by atoms with Crippen molar-refractivity contribution in [1.29, 1.82) is 0 Å². The highest BCUT2D eigenvalue weighted by molar-refractivity contribution is 7.09. The van der Waals surface area contributed by atoms with Gasteiger partial charge in [0, 0.05) is 26.9 Å². The normalized spacial score (nSPS) is 9.58. The molecule has 2 rings (SSSR count). The molecule has 0 aliphatic rings. The smallest absolute Gasteiger partial charge is 0.248 e. The van der Waals surface area contributed by atoms with Crippen LogP contribution in [0.2, 0.25) is 0 Å². The first-order chi connectivity index (χ1) is 9.17. The fourth-order valence-electron chi connectivity index (χ4n) is 1.34. The summed E-state index contributed by atoms with van der Waals surface area (Å²) in [7, 11) is 1.71. The van der Waals surface area contributed by atoms with Gasteiger partial charge in [0.15, 0.2) is 0 Å². The van der Waals surface area contributed by atoms with Crippen molar-refractivity contribution in [2.24, 2.45) is 11.5 Å². The van der Waals surface area contributed by atoms with Crippen LogP contribution in [0.25, 0.3) is 0 Å². The molecular formula is C14H22N2O2S. The van der Waals surface area contributed by atoms with Crippen molar-refractivity contribution in [1.82, 2.24) is 0 Å². The molecule has 4 N–H and O–H groups in total. The summed E-state index contributed by atoms with van der Waals surface area (Å²) in [5.74, 6) is -0.409. The van der Waals surface area contributed by atoms with E-state index in [2.05, 4.69) is 6.07 Å². The molecule has 0 saturated carbocycles. The van der Waals surface area contributed by atoms with Crippen LogP contribution >= 0.6 is 11.3 Å². The summed E-state index contributed by atoms with van der Waals surface area (Å²) in [6.45, 7) is 1.23. The number of ether oxygens (including phenoxy) is 1. The fraction of sp³-hybridized carbons (Fsp3) is 0.214. The Labute approximate surface area is 120 Å². The van der Waals surface area contributed by atoms with Crippen LogP contribution < -0.4 is 11.5 Å². The van der Waals surface area contributed by atoms with Crippen molar-refractivity contribution in [3.05, 3.63) is 57.8 Å². The molecule has 0 radical (unpaired) electrons. The molecule has 2 aromatic rings. The molecule has 1 aromatic carbocycles. The predicted molar refractivity (Wildman–Crippen MR) is 82.1 cm³/mol. The SMILES string of the molecule is COCc1cccs1.NCc1ccc(C(N)=O)cc1.[HH].[HH]. The fourth-order valence-corrected chi connectivity index (χ4v) is 2.02. The Hall–Kier alpha value is -1.69. The molecule has 0 saturated heterocycles. The predicted octanol–water partition coefficient (Wildman–Crippen LogP) is 2.63. The van der Waals surface area contributed by atoms with Crippen LogP contribution in [-0.4, -0.2) is 13.0 Å². The number of amides is 1. The summed E-state index contributed by atoms with van der Waals surface area (Å²) in [5, 5.41) is 2.05. The quantitative estimate of drug-likeness (QED) is 0.904. The highest BCUT2D eigenvalue weighted by Gasteiger charge is 1.97. The molecule has 4 nitrogen and oxygen atoms in total. The van der Waals surface area contributed by atoms with E-state index in [9.17, 15) is 4.79 Å². The Bertz CT molecular complexity index is 490. The molecule has 0 unspecified atom stereocenters. The standard InChI is InChI=1S/C8H10N2O.C6H8OS.2H2/c9-5-6-1-3-7(4-2-6)8(10)11;1-7-5-6-3-2-4-8-6;;/h1-4H,5,9H2,(H2,10,11);2-4H,5H2,1H3;2*1H. The van der Waals surface area contributed by atoms with E-state index in [1.807, 2.05) is 11.4 Å². The van der Waals surface area contributed by atoms with Gasteiger partial charge >= 0.3 is 0 Å². The van der Waals surface area contributed by atoms with Crippen molar-refractivity contribution in [2.75, 3.05) is 7.11 Å². The third kappa shape index (κ3) is 5.65. The minimum Gasteiger partial charge on any atom is -0.379 e. The average molecular weight is 282 g/mol. The second-order valence-electron chi connectivity index (χ2n) is 3.78. The number of primary amides is 1. The number of nitrogens with two attached hydrogens (primary N) is 2. The van der Waals surface area contributed by atoms with Gasteiger partial charge in [0.1, 0.15) is 0 Å². The van der Waals surface area contributed by atoms with Gasteiger partial charge in [0.25, 0.3) is 0 Å². The first-order valence-electron chi connectivity index (χ1n) is 5.77. The van der Waals surface area contributed by atoms with Crippen LogP contribution in [0.15, 0.2) is 41.8 Å². The van der Waals surface area contributed by atoms with Gasteiger partial charge in [-0.05, 0) is 29.1 Å². The molecule has 0 spiro atoms. The van der Waals surface area contributed by atoms with E-state index in [0.717, 1.165) is 12.2 Å². The minimum atomic E-state index is -0.409. The number of rotatable bonds is 4. The number of methoxy groups -OCH3 is 1. The second kappa shape index (κ2) is 8.42. The number of carbonyl (C=O) groups is 1. The van der Waals surface area contributed by atoms with Crippen molar-refractivity contribution in [2.45, 2.75) is 13.2 Å². The Morgan fingerprint density at radius 3 is 2.42 bits per heavy atom. The number of hydrogen-bond donors (Lipinski definition) is 2. The summed E-state index contributed by atoms with van der Waals surface area (Å²) < 4.78 is 4.90. The van der Waals surface area contributed by atoms with Crippen LogP contribution in [0.1, 0.15) is 23.7 Å². The summed E-state index contributed by atoms with van der Waals surface area (Å²) >= 11 is 1.72. The molecule has 0 fully saturated rings. The van der Waals surface area contributed by atoms with Crippen molar-refractivity contribution in [3.63, 3.8) is 0 Å². The van der Waals surface area contributed by atoms with Gasteiger partial charge in [-0.15, -0.1) is 11.3 Å². The van der Waals surface area contributed by atoms with E-state index in [1.54, 1.807) is 42.7 Å². The lowest BCUT2D eigenvalue weighted by molar-refractivity contribution is 0.100. The Morgan fingerprint density at radius 1 is 1.32 bits per heavy atom. The average Bonchev–Trinajstić information content (AvgIpc) is 2.93. The molecule has 106 valence electrons. The third-order valence-corrected chi connectivity index (χ3v) is 3.19. The van der Waals surface area contributed by atoms with E-state index in [4.69, 9.17) is 16.2 Å². The lowest BCUT2D eigenvalue weighted by Crippen LogP contribution is -2.10. The number of hydrogen-bond acceptors (Lipinski definition) is 4. The Kier molecular flexibility index (Phi) is 6.81. The van der Waals surface area contributed by atoms with Crippen molar-refractivity contribution >= 4 is 17.2 Å². The monoisotopic (exact) mass is 282 g/mol. The van der Waals surface area contributed by atoms with Gasteiger partial charge in [0.2, 0.25) is 5.91 Å². The van der Waals surface area contributed by atoms with E-state index in [-0.39, 0.29) is 2.85 Å². The number of thiophene rings is 1. The second-order valence-corrected chi connectivity index (χ2v) is 4.81. The van der Waals surface area contributed by atoms with E-state index in [1.165, 1.54) is 4.88 Å². The van der Waals surface area contributed by atoms with Crippen molar-refractivity contribution in [3.8, 4) is 0 Å². The van der Waals surface area contributed by atoms with Gasteiger partial charge in [-0.3, -0.25) is 4.79 Å². The highest BCUT2D eigenvalue weighted by Crippen LogP contribution is 2.08. The van der Waals surface area contributed by atoms with Crippen LogP contribution in [0.4, 0.5) is 0 Å². The summed E-state index contributed by atoms with van der Waals surface area (Å²) in [6.07, 6.45) is 0. The van der Waals surface area contributed by atoms with E-state index in [0.29, 0.717) is 12.1 Å². The zero-order valence-corrected chi connectivity index (χ0v) is 11.7. The van der Waals surface area contributed by atoms with Gasteiger partial charge in [-0.2, -0.15) is 0 Å². The van der Waals surface area contributed by atoms with Crippen LogP contribution in [0, 0.1) is 0 Å². The molecule has 1 amide bonds. The van der Waals surface area contributed by atoms with E-state index >= 15 is 0 Å². The molecule has 1 heterocycles. The first-order valence-corrected chi connectivity index (χ1v) is 6.65. The van der Waals surface area contributed by atoms with Crippen LogP contribution in [0.5, 0.6) is 0 Å². The molecule has 0 aliphatic carbocycles. The molecule has 19 heavy (non-hydrogen) atoms. The maximum Gasteiger partial charge on any atom is 0.248 e. The Morgan fingerprint density at radius 2 is 2.00 bits per heavy atom. The molecule has 0 atom stereocenters. The maximum atomic E-state index is 10.6. The molecule has 5 heteroatoms. The largest absolute Gasteiger partial charge is 0.379 e.